The molecule has 0 saturated carbocycles. The summed E-state index contributed by atoms with van der Waals surface area (Å²) in [7, 11) is 1.81. The van der Waals surface area contributed by atoms with Crippen LogP contribution in [0.25, 0.3) is 0 Å². The third kappa shape index (κ3) is 2.27. The van der Waals surface area contributed by atoms with Gasteiger partial charge in [-0.2, -0.15) is 0 Å². The lowest BCUT2D eigenvalue weighted by atomic mass is 10.1. The van der Waals surface area contributed by atoms with Crippen LogP contribution in [0.2, 0.25) is 0 Å². The quantitative estimate of drug-likeness (QED) is 0.765. The average molecular weight is 231 g/mol. The summed E-state index contributed by atoms with van der Waals surface area (Å²) in [6.07, 6.45) is 1.71. The van der Waals surface area contributed by atoms with Crippen molar-refractivity contribution in [3.8, 4) is 0 Å². The molecule has 0 spiro atoms. The van der Waals surface area contributed by atoms with Crippen LogP contribution in [0.15, 0.2) is 22.9 Å². The van der Waals surface area contributed by atoms with Gasteiger partial charge in [0, 0.05) is 6.20 Å². The van der Waals surface area contributed by atoms with Crippen LogP contribution >= 0.6 is 15.9 Å². The molecule has 0 unspecified atom stereocenters. The monoisotopic (exact) mass is 230 g/mol. The van der Waals surface area contributed by atoms with E-state index in [2.05, 4.69) is 26.2 Å². The summed E-state index contributed by atoms with van der Waals surface area (Å²) in [6.45, 7) is 0.0902. The van der Waals surface area contributed by atoms with E-state index in [1.165, 1.54) is 0 Å². The molecule has 0 bridgehead atoms. The van der Waals surface area contributed by atoms with E-state index in [0.29, 0.717) is 0 Å². The fourth-order valence-corrected chi connectivity index (χ4v) is 1.38. The minimum Gasteiger partial charge on any atom is -0.394 e. The van der Waals surface area contributed by atoms with Gasteiger partial charge in [0.2, 0.25) is 0 Å². The fraction of sp³-hybridized carbons (Fsp3) is 0.375. The minimum absolute atomic E-state index is 0.00991. The van der Waals surface area contributed by atoms with E-state index in [0.717, 1.165) is 10.2 Å². The zero-order valence-electron chi connectivity index (χ0n) is 6.79. The smallest absolute Gasteiger partial charge is 0.106 e. The van der Waals surface area contributed by atoms with Gasteiger partial charge in [0.1, 0.15) is 4.60 Å². The van der Waals surface area contributed by atoms with E-state index in [1.54, 1.807) is 6.20 Å². The number of pyridine rings is 1. The number of nitrogens with zero attached hydrogens (tertiary/aromatic N) is 1. The van der Waals surface area contributed by atoms with Crippen molar-refractivity contribution in [2.45, 2.75) is 6.04 Å². The molecule has 1 aromatic heterocycles. The molecule has 0 fully saturated rings. The van der Waals surface area contributed by atoms with Crippen LogP contribution in [0.4, 0.5) is 0 Å². The normalized spacial score (nSPS) is 12.9. The van der Waals surface area contributed by atoms with Crippen LogP contribution in [0.5, 0.6) is 0 Å². The first-order valence-corrected chi connectivity index (χ1v) is 4.46. The Bertz CT molecular complexity index is 251. The molecule has 1 atom stereocenters. The van der Waals surface area contributed by atoms with Crippen LogP contribution in [0.3, 0.4) is 0 Å². The van der Waals surface area contributed by atoms with E-state index >= 15 is 0 Å². The maximum atomic E-state index is 8.97. The molecule has 1 heterocycles. The van der Waals surface area contributed by atoms with E-state index in [-0.39, 0.29) is 12.6 Å². The van der Waals surface area contributed by atoms with Gasteiger partial charge in [-0.3, -0.25) is 0 Å². The lowest BCUT2D eigenvalue weighted by molar-refractivity contribution is 0.251. The maximum Gasteiger partial charge on any atom is 0.106 e. The number of likely N-dealkylation sites (N-methyl/N-ethyl adjacent to an activating group) is 1. The maximum absolute atomic E-state index is 8.97. The first-order chi connectivity index (χ1) is 5.77. The third-order valence-corrected chi connectivity index (χ3v) is 2.12. The molecule has 3 nitrogen and oxygen atoms in total. The van der Waals surface area contributed by atoms with Crippen molar-refractivity contribution in [2.75, 3.05) is 13.7 Å². The Labute approximate surface area is 80.0 Å². The Hall–Kier alpha value is -0.450. The fourth-order valence-electron chi connectivity index (χ4n) is 0.998. The topological polar surface area (TPSA) is 45.1 Å². The molecule has 0 aliphatic heterocycles. The van der Waals surface area contributed by atoms with Gasteiger partial charge < -0.3 is 10.4 Å². The second kappa shape index (κ2) is 4.54. The summed E-state index contributed by atoms with van der Waals surface area (Å²) in [6, 6.07) is 3.75. The lowest BCUT2D eigenvalue weighted by Gasteiger charge is -2.12. The zero-order valence-corrected chi connectivity index (χ0v) is 8.37. The molecular formula is C8H11BrN2O. The van der Waals surface area contributed by atoms with Crippen LogP contribution in [-0.2, 0) is 0 Å². The average Bonchev–Trinajstić information content (AvgIpc) is 2.07. The van der Waals surface area contributed by atoms with Gasteiger partial charge in [-0.15, -0.1) is 0 Å². The Balaban J connectivity index is 2.85. The first-order valence-electron chi connectivity index (χ1n) is 3.67. The second-order valence-electron chi connectivity index (χ2n) is 2.44. The largest absolute Gasteiger partial charge is 0.394 e. The zero-order chi connectivity index (χ0) is 8.97. The number of nitrogens with one attached hydrogen (secondary N) is 1. The lowest BCUT2D eigenvalue weighted by Crippen LogP contribution is -2.19. The highest BCUT2D eigenvalue weighted by Crippen LogP contribution is 2.14. The SMILES string of the molecule is CN[C@H](CO)c1ccnc(Br)c1. The Kier molecular flexibility index (Phi) is 3.65. The summed E-state index contributed by atoms with van der Waals surface area (Å²) in [5.74, 6) is 0. The van der Waals surface area contributed by atoms with Gasteiger partial charge in [-0.05, 0) is 40.7 Å². The Morgan fingerprint density at radius 2 is 2.50 bits per heavy atom. The number of rotatable bonds is 3. The summed E-state index contributed by atoms with van der Waals surface area (Å²) >= 11 is 3.27. The number of hydrogen-bond donors (Lipinski definition) is 2. The van der Waals surface area contributed by atoms with Crippen molar-refractivity contribution in [2.24, 2.45) is 0 Å². The van der Waals surface area contributed by atoms with Gasteiger partial charge in [0.15, 0.2) is 0 Å². The summed E-state index contributed by atoms with van der Waals surface area (Å²) in [5.41, 5.74) is 1.03. The predicted octanol–water partition coefficient (Wildman–Crippen LogP) is 1.10. The molecule has 4 heteroatoms. The molecule has 0 saturated heterocycles. The second-order valence-corrected chi connectivity index (χ2v) is 3.25. The molecule has 2 N–H and O–H groups in total. The Morgan fingerprint density at radius 1 is 1.75 bits per heavy atom. The Morgan fingerprint density at radius 3 is 3.00 bits per heavy atom. The molecule has 0 aliphatic rings. The number of halogens is 1. The number of aliphatic hydroxyl groups is 1. The van der Waals surface area contributed by atoms with E-state index < -0.39 is 0 Å². The highest BCUT2D eigenvalue weighted by Gasteiger charge is 2.06. The van der Waals surface area contributed by atoms with Crippen molar-refractivity contribution in [3.63, 3.8) is 0 Å². The van der Waals surface area contributed by atoms with Gasteiger partial charge >= 0.3 is 0 Å². The molecule has 1 aromatic rings. The molecule has 12 heavy (non-hydrogen) atoms. The van der Waals surface area contributed by atoms with E-state index in [1.807, 2.05) is 19.2 Å². The van der Waals surface area contributed by atoms with Crippen molar-refractivity contribution >= 4 is 15.9 Å². The van der Waals surface area contributed by atoms with Crippen LogP contribution in [-0.4, -0.2) is 23.7 Å². The van der Waals surface area contributed by atoms with Crippen LogP contribution in [0.1, 0.15) is 11.6 Å². The summed E-state index contributed by atoms with van der Waals surface area (Å²) in [4.78, 5) is 4.00. The van der Waals surface area contributed by atoms with Crippen molar-refractivity contribution in [1.82, 2.24) is 10.3 Å². The van der Waals surface area contributed by atoms with E-state index in [9.17, 15) is 0 Å². The van der Waals surface area contributed by atoms with Crippen LogP contribution in [0, 0.1) is 0 Å². The molecule has 0 amide bonds. The molecule has 0 aliphatic carbocycles. The number of hydrogen-bond acceptors (Lipinski definition) is 3. The van der Waals surface area contributed by atoms with Crippen LogP contribution < -0.4 is 5.32 Å². The molecule has 0 aromatic carbocycles. The standard InChI is InChI=1S/C8H11BrN2O/c1-10-7(5-12)6-2-3-11-8(9)4-6/h2-4,7,10,12H,5H2,1H3/t7-/m1/s1. The molecular weight excluding hydrogens is 220 g/mol. The van der Waals surface area contributed by atoms with Gasteiger partial charge in [0.25, 0.3) is 0 Å². The molecule has 66 valence electrons. The first kappa shape index (κ1) is 9.64. The predicted molar refractivity (Wildman–Crippen MR) is 50.8 cm³/mol. The summed E-state index contributed by atoms with van der Waals surface area (Å²) in [5, 5.41) is 12.0. The third-order valence-electron chi connectivity index (χ3n) is 1.68. The molecule has 1 rings (SSSR count). The highest BCUT2D eigenvalue weighted by molar-refractivity contribution is 9.10. The van der Waals surface area contributed by atoms with Gasteiger partial charge in [-0.1, -0.05) is 0 Å². The minimum atomic E-state index is -0.00991. The van der Waals surface area contributed by atoms with Gasteiger partial charge in [0.05, 0.1) is 12.6 Å². The van der Waals surface area contributed by atoms with E-state index in [4.69, 9.17) is 5.11 Å². The highest BCUT2D eigenvalue weighted by atomic mass is 79.9. The molecule has 0 radical (unpaired) electrons. The number of aromatic nitrogens is 1. The van der Waals surface area contributed by atoms with Crippen molar-refractivity contribution < 1.29 is 5.11 Å². The van der Waals surface area contributed by atoms with Crippen molar-refractivity contribution in [1.29, 1.82) is 0 Å². The summed E-state index contributed by atoms with van der Waals surface area (Å²) < 4.78 is 0.786. The number of aliphatic hydroxyl groups excluding tert-OH is 1. The van der Waals surface area contributed by atoms with Crippen molar-refractivity contribution in [3.05, 3.63) is 28.5 Å². The van der Waals surface area contributed by atoms with Gasteiger partial charge in [-0.25, -0.2) is 4.98 Å².